The minimum atomic E-state index is -1.45. The summed E-state index contributed by atoms with van der Waals surface area (Å²) in [5, 5.41) is 49.3. The van der Waals surface area contributed by atoms with Gasteiger partial charge in [0.25, 0.3) is 0 Å². The normalized spacial score (nSPS) is 30.7. The number of hydrogen-bond acceptors (Lipinski definition) is 7. The molecule has 0 spiro atoms. The highest BCUT2D eigenvalue weighted by atomic mass is 16.7. The molecule has 3 rings (SSSR count). The van der Waals surface area contributed by atoms with Gasteiger partial charge in [-0.05, 0) is 104 Å². The highest BCUT2D eigenvalue weighted by Gasteiger charge is 2.44. The van der Waals surface area contributed by atoms with Crippen molar-refractivity contribution < 1.29 is 35.0 Å². The molecule has 1 fully saturated rings. The van der Waals surface area contributed by atoms with E-state index in [9.17, 15) is 25.5 Å². The topological polar surface area (TPSA) is 120 Å². The van der Waals surface area contributed by atoms with Gasteiger partial charge in [0.05, 0.1) is 19.8 Å². The summed E-state index contributed by atoms with van der Waals surface area (Å²) in [5.74, 6) is 1.64. The molecule has 3 aliphatic rings. The van der Waals surface area contributed by atoms with E-state index in [2.05, 4.69) is 179 Å². The van der Waals surface area contributed by atoms with E-state index in [1.165, 1.54) is 27.9 Å². The molecule has 0 unspecified atom stereocenters. The molecule has 0 bridgehead atoms. The Labute approximate surface area is 381 Å². The molecule has 0 aromatic heterocycles. The SMILES string of the molecule is CC1=CC[C@H](C/C=C(\C)CO)C(C)(C)[C@@H]1/C=C/C(C)=C/C=C/C(C)=C/C=C/C=C(C)/C=C/C=C(C)/C=C/[C@@H]1C(C)=CC[C@H](C/C=C(\C)CO[C@@H]2O[C@H](CO)[C@@H](O)[C@H](O)[C@H]2O)C1(C)C. The highest BCUT2D eigenvalue weighted by Crippen LogP contribution is 2.49. The van der Waals surface area contributed by atoms with Crippen LogP contribution in [0.2, 0.25) is 0 Å². The number of aliphatic hydroxyl groups is 5. The third kappa shape index (κ3) is 16.4. The van der Waals surface area contributed by atoms with E-state index in [1.807, 2.05) is 13.8 Å². The van der Waals surface area contributed by atoms with Crippen molar-refractivity contribution in [1.29, 1.82) is 0 Å². The van der Waals surface area contributed by atoms with Gasteiger partial charge in [0.15, 0.2) is 6.29 Å². The van der Waals surface area contributed by atoms with Gasteiger partial charge in [-0.3, -0.25) is 0 Å². The first kappa shape index (κ1) is 53.7. The van der Waals surface area contributed by atoms with Crippen LogP contribution in [0.1, 0.15) is 109 Å². The quantitative estimate of drug-likeness (QED) is 0.0648. The molecule has 1 saturated heterocycles. The predicted molar refractivity (Wildman–Crippen MR) is 263 cm³/mol. The summed E-state index contributed by atoms with van der Waals surface area (Å²) in [4.78, 5) is 0. The van der Waals surface area contributed by atoms with Crippen molar-refractivity contribution >= 4 is 0 Å². The first-order valence-electron chi connectivity index (χ1n) is 23.0. The van der Waals surface area contributed by atoms with Crippen LogP contribution in [0.4, 0.5) is 0 Å². The van der Waals surface area contributed by atoms with Gasteiger partial charge in [-0.2, -0.15) is 0 Å². The summed E-state index contributed by atoms with van der Waals surface area (Å²) >= 11 is 0. The first-order valence-corrected chi connectivity index (χ1v) is 23.0. The maximum Gasteiger partial charge on any atom is 0.187 e. The molecule has 348 valence electrons. The average molecular weight is 867 g/mol. The molecule has 7 nitrogen and oxygen atoms in total. The van der Waals surface area contributed by atoms with Gasteiger partial charge < -0.3 is 35.0 Å². The van der Waals surface area contributed by atoms with Crippen molar-refractivity contribution in [1.82, 2.24) is 0 Å². The molecule has 0 radical (unpaired) electrons. The van der Waals surface area contributed by atoms with Gasteiger partial charge in [-0.25, -0.2) is 0 Å². The third-order valence-corrected chi connectivity index (χ3v) is 13.6. The summed E-state index contributed by atoms with van der Waals surface area (Å²) in [6.45, 7) is 26.3. The lowest BCUT2D eigenvalue weighted by molar-refractivity contribution is -0.299. The summed E-state index contributed by atoms with van der Waals surface area (Å²) in [5.41, 5.74) is 9.76. The van der Waals surface area contributed by atoms with E-state index in [-0.39, 0.29) is 24.0 Å². The second-order valence-electron chi connectivity index (χ2n) is 19.6. The van der Waals surface area contributed by atoms with Crippen LogP contribution in [-0.2, 0) is 9.47 Å². The number of ether oxygens (including phenoxy) is 2. The molecule has 9 atom stereocenters. The van der Waals surface area contributed by atoms with E-state index in [1.54, 1.807) is 0 Å². The minimum Gasteiger partial charge on any atom is -0.394 e. The maximum absolute atomic E-state index is 10.3. The molecule has 1 heterocycles. The van der Waals surface area contributed by atoms with E-state index in [0.717, 1.165) is 42.4 Å². The summed E-state index contributed by atoms with van der Waals surface area (Å²) in [6, 6.07) is 0. The molecular formula is C56H82O7. The zero-order valence-corrected chi connectivity index (χ0v) is 40.6. The smallest absolute Gasteiger partial charge is 0.187 e. The number of rotatable bonds is 19. The molecule has 0 aromatic rings. The molecule has 7 heteroatoms. The van der Waals surface area contributed by atoms with Crippen LogP contribution < -0.4 is 0 Å². The van der Waals surface area contributed by atoms with Crippen molar-refractivity contribution in [3.63, 3.8) is 0 Å². The van der Waals surface area contributed by atoms with Gasteiger partial charge in [-0.15, -0.1) is 0 Å². The molecule has 2 aliphatic carbocycles. The first-order chi connectivity index (χ1) is 29.7. The lowest BCUT2D eigenvalue weighted by Crippen LogP contribution is -2.59. The molecule has 63 heavy (non-hydrogen) atoms. The second-order valence-corrected chi connectivity index (χ2v) is 19.6. The van der Waals surface area contributed by atoms with Gasteiger partial charge in [0, 0.05) is 11.8 Å². The van der Waals surface area contributed by atoms with Crippen LogP contribution >= 0.6 is 0 Å². The van der Waals surface area contributed by atoms with Crippen LogP contribution in [-0.4, -0.2) is 76.1 Å². The Morgan fingerprint density at radius 3 is 1.49 bits per heavy atom. The largest absolute Gasteiger partial charge is 0.394 e. The Hall–Kier alpha value is -3.66. The van der Waals surface area contributed by atoms with Gasteiger partial charge in [-0.1, -0.05) is 182 Å². The van der Waals surface area contributed by atoms with Crippen LogP contribution in [0.5, 0.6) is 0 Å². The lowest BCUT2D eigenvalue weighted by atomic mass is 9.61. The Morgan fingerprint density at radius 2 is 1.05 bits per heavy atom. The van der Waals surface area contributed by atoms with Gasteiger partial charge in [0.2, 0.25) is 0 Å². The Bertz CT molecular complexity index is 1900. The number of aliphatic hydroxyl groups excluding tert-OH is 5. The molecular weight excluding hydrogens is 785 g/mol. The van der Waals surface area contributed by atoms with Crippen LogP contribution in [0.25, 0.3) is 0 Å². The van der Waals surface area contributed by atoms with Gasteiger partial charge >= 0.3 is 0 Å². The fourth-order valence-electron chi connectivity index (χ4n) is 8.86. The minimum absolute atomic E-state index is 0.0231. The zero-order valence-electron chi connectivity index (χ0n) is 40.6. The summed E-state index contributed by atoms with van der Waals surface area (Å²) in [6.07, 6.45) is 37.1. The van der Waals surface area contributed by atoms with Crippen LogP contribution in [0.15, 0.2) is 154 Å². The monoisotopic (exact) mass is 867 g/mol. The second kappa shape index (κ2) is 25.7. The Balaban J connectivity index is 1.51. The predicted octanol–water partition coefficient (Wildman–Crippen LogP) is 11.3. The number of hydrogen-bond donors (Lipinski definition) is 5. The fraction of sp³-hybridized carbons (Fsp3) is 0.536. The molecule has 5 N–H and O–H groups in total. The van der Waals surface area contributed by atoms with Crippen molar-refractivity contribution in [3.05, 3.63) is 154 Å². The standard InChI is InChI=1S/C56H82O7/c1-38(19-15-21-40(3)25-33-48-44(7)27-31-46(55(48,9)10)29-23-42(5)35-57)17-13-14-18-39(2)20-16-22-41(4)26-34-49-45(8)28-32-47(56(49,11)12)30-24-43(6)37-62-54-53(61)52(60)51(59)50(36-58)63-54/h13-28,33-34,46-54,57-61H,29-32,35-37H2,1-12H3/b14-13+,19-15+,20-16+,33-25+,34-26+,38-17+,39-18+,40-21+,41-22+,42-23+,43-24+/t46-,47-,48+,49+,50+,51+,52-,53+,54+/m0/s1. The van der Waals surface area contributed by atoms with E-state index < -0.39 is 37.3 Å². The molecule has 0 aromatic carbocycles. The highest BCUT2D eigenvalue weighted by molar-refractivity contribution is 5.33. The van der Waals surface area contributed by atoms with Crippen LogP contribution in [0, 0.1) is 34.5 Å². The van der Waals surface area contributed by atoms with E-state index in [0.29, 0.717) is 23.7 Å². The Morgan fingerprint density at radius 1 is 0.619 bits per heavy atom. The lowest BCUT2D eigenvalue weighted by Gasteiger charge is -2.43. The van der Waals surface area contributed by atoms with Crippen molar-refractivity contribution in [3.8, 4) is 0 Å². The summed E-state index contributed by atoms with van der Waals surface area (Å²) in [7, 11) is 0. The fourth-order valence-corrected chi connectivity index (χ4v) is 8.86. The van der Waals surface area contributed by atoms with E-state index >= 15 is 0 Å². The maximum atomic E-state index is 10.3. The zero-order chi connectivity index (χ0) is 46.9. The summed E-state index contributed by atoms with van der Waals surface area (Å²) < 4.78 is 11.2. The van der Waals surface area contributed by atoms with Crippen molar-refractivity contribution in [2.75, 3.05) is 19.8 Å². The van der Waals surface area contributed by atoms with Crippen LogP contribution in [0.3, 0.4) is 0 Å². The molecule has 1 aliphatic heterocycles. The Kier molecular flexibility index (Phi) is 21.9. The third-order valence-electron chi connectivity index (χ3n) is 13.6. The molecule has 0 saturated carbocycles. The van der Waals surface area contributed by atoms with Crippen molar-refractivity contribution in [2.24, 2.45) is 34.5 Å². The average Bonchev–Trinajstić information content (AvgIpc) is 3.22. The van der Waals surface area contributed by atoms with E-state index in [4.69, 9.17) is 9.47 Å². The number of allylic oxidation sites excluding steroid dienone is 24. The van der Waals surface area contributed by atoms with Gasteiger partial charge in [0.1, 0.15) is 24.4 Å². The molecule has 0 amide bonds. The van der Waals surface area contributed by atoms with Crippen molar-refractivity contribution in [2.45, 2.75) is 139 Å².